The van der Waals surface area contributed by atoms with Gasteiger partial charge in [0.1, 0.15) is 5.82 Å². The van der Waals surface area contributed by atoms with Gasteiger partial charge in [-0.25, -0.2) is 4.39 Å². The van der Waals surface area contributed by atoms with E-state index in [1.54, 1.807) is 0 Å². The monoisotopic (exact) mass is 152 g/mol. The number of rotatable bonds is 1. The lowest BCUT2D eigenvalue weighted by Crippen LogP contribution is -2.02. The van der Waals surface area contributed by atoms with Gasteiger partial charge in [0, 0.05) is 23.9 Å². The SMILES string of the molecule is N[C@@H]1C[C@H]1c1cc(F)ccn1. The topological polar surface area (TPSA) is 38.9 Å². The summed E-state index contributed by atoms with van der Waals surface area (Å²) in [4.78, 5) is 4.03. The third-order valence-corrected chi connectivity index (χ3v) is 1.96. The van der Waals surface area contributed by atoms with Gasteiger partial charge in [0.25, 0.3) is 0 Å². The zero-order chi connectivity index (χ0) is 7.84. The van der Waals surface area contributed by atoms with Crippen molar-refractivity contribution in [3.63, 3.8) is 0 Å². The number of halogens is 1. The first-order valence-corrected chi connectivity index (χ1v) is 3.64. The zero-order valence-corrected chi connectivity index (χ0v) is 6.00. The molecular weight excluding hydrogens is 143 g/mol. The van der Waals surface area contributed by atoms with Gasteiger partial charge in [0.15, 0.2) is 0 Å². The number of nitrogens with zero attached hydrogens (tertiary/aromatic N) is 1. The van der Waals surface area contributed by atoms with E-state index in [2.05, 4.69) is 4.98 Å². The van der Waals surface area contributed by atoms with Crippen LogP contribution in [0.4, 0.5) is 4.39 Å². The van der Waals surface area contributed by atoms with Crippen LogP contribution in [0, 0.1) is 5.82 Å². The van der Waals surface area contributed by atoms with Crippen molar-refractivity contribution in [2.45, 2.75) is 18.4 Å². The lowest BCUT2D eigenvalue weighted by molar-refractivity contribution is 0.621. The molecule has 1 fully saturated rings. The Morgan fingerprint density at radius 1 is 1.64 bits per heavy atom. The average Bonchev–Trinajstić information content (AvgIpc) is 2.67. The van der Waals surface area contributed by atoms with Gasteiger partial charge in [0.2, 0.25) is 0 Å². The van der Waals surface area contributed by atoms with Crippen molar-refractivity contribution in [1.82, 2.24) is 4.98 Å². The number of hydrogen-bond acceptors (Lipinski definition) is 2. The quantitative estimate of drug-likeness (QED) is 0.652. The summed E-state index contributed by atoms with van der Waals surface area (Å²) in [5.41, 5.74) is 6.38. The van der Waals surface area contributed by atoms with Crippen LogP contribution in [-0.4, -0.2) is 11.0 Å². The van der Waals surface area contributed by atoms with Crippen molar-refractivity contribution in [2.24, 2.45) is 5.73 Å². The molecule has 0 radical (unpaired) electrons. The minimum Gasteiger partial charge on any atom is -0.327 e. The van der Waals surface area contributed by atoms with Gasteiger partial charge in [-0.2, -0.15) is 0 Å². The second-order valence-electron chi connectivity index (χ2n) is 2.90. The summed E-state index contributed by atoms with van der Waals surface area (Å²) in [7, 11) is 0. The summed E-state index contributed by atoms with van der Waals surface area (Å²) in [6, 6.07) is 3.00. The van der Waals surface area contributed by atoms with Crippen LogP contribution < -0.4 is 5.73 Å². The average molecular weight is 152 g/mol. The Bertz CT molecular complexity index is 275. The lowest BCUT2D eigenvalue weighted by Gasteiger charge is -1.95. The Morgan fingerprint density at radius 2 is 2.36 bits per heavy atom. The molecule has 1 heterocycles. The van der Waals surface area contributed by atoms with Gasteiger partial charge >= 0.3 is 0 Å². The molecule has 58 valence electrons. The van der Waals surface area contributed by atoms with Crippen LogP contribution in [-0.2, 0) is 0 Å². The summed E-state index contributed by atoms with van der Waals surface area (Å²) in [5, 5.41) is 0. The van der Waals surface area contributed by atoms with E-state index in [4.69, 9.17) is 5.73 Å². The minimum atomic E-state index is -0.228. The molecule has 0 aliphatic heterocycles. The fourth-order valence-electron chi connectivity index (χ4n) is 1.18. The molecule has 2 N–H and O–H groups in total. The molecule has 0 spiro atoms. The fraction of sp³-hybridized carbons (Fsp3) is 0.375. The van der Waals surface area contributed by atoms with Gasteiger partial charge in [-0.15, -0.1) is 0 Å². The molecule has 0 aromatic carbocycles. The van der Waals surface area contributed by atoms with Gasteiger partial charge in [-0.1, -0.05) is 0 Å². The normalized spacial score (nSPS) is 28.5. The molecule has 2 atom stereocenters. The first kappa shape index (κ1) is 6.73. The standard InChI is InChI=1S/C8H9FN2/c9-5-1-2-11-8(3-5)6-4-7(6)10/h1-3,6-7H,4,10H2/t6-,7-/m1/s1. The second-order valence-corrected chi connectivity index (χ2v) is 2.90. The smallest absolute Gasteiger partial charge is 0.126 e. The summed E-state index contributed by atoms with van der Waals surface area (Å²) in [5.74, 6) is 0.0693. The molecule has 0 unspecified atom stereocenters. The first-order valence-electron chi connectivity index (χ1n) is 3.64. The highest BCUT2D eigenvalue weighted by molar-refractivity contribution is 5.20. The predicted molar refractivity (Wildman–Crippen MR) is 39.5 cm³/mol. The fourth-order valence-corrected chi connectivity index (χ4v) is 1.18. The molecule has 2 nitrogen and oxygen atoms in total. The van der Waals surface area contributed by atoms with E-state index in [-0.39, 0.29) is 11.9 Å². The maximum atomic E-state index is 12.6. The molecule has 1 saturated carbocycles. The van der Waals surface area contributed by atoms with Crippen molar-refractivity contribution >= 4 is 0 Å². The number of nitrogens with two attached hydrogens (primary N) is 1. The van der Waals surface area contributed by atoms with E-state index in [0.29, 0.717) is 5.92 Å². The lowest BCUT2D eigenvalue weighted by atomic mass is 10.2. The van der Waals surface area contributed by atoms with E-state index < -0.39 is 0 Å². The van der Waals surface area contributed by atoms with E-state index >= 15 is 0 Å². The van der Waals surface area contributed by atoms with Gasteiger partial charge in [0.05, 0.1) is 0 Å². The van der Waals surface area contributed by atoms with Gasteiger partial charge < -0.3 is 5.73 Å². The molecule has 1 aromatic heterocycles. The van der Waals surface area contributed by atoms with Crippen molar-refractivity contribution in [3.05, 3.63) is 29.8 Å². The zero-order valence-electron chi connectivity index (χ0n) is 6.00. The largest absolute Gasteiger partial charge is 0.327 e. The van der Waals surface area contributed by atoms with Crippen molar-refractivity contribution < 1.29 is 4.39 Å². The van der Waals surface area contributed by atoms with Crippen LogP contribution in [0.15, 0.2) is 18.3 Å². The van der Waals surface area contributed by atoms with Crippen molar-refractivity contribution in [1.29, 1.82) is 0 Å². The molecule has 1 aliphatic rings. The Labute approximate surface area is 64.2 Å². The third-order valence-electron chi connectivity index (χ3n) is 1.96. The molecule has 0 amide bonds. The van der Waals surface area contributed by atoms with Crippen LogP contribution in [0.5, 0.6) is 0 Å². The number of hydrogen-bond donors (Lipinski definition) is 1. The maximum Gasteiger partial charge on any atom is 0.126 e. The van der Waals surface area contributed by atoms with Crippen molar-refractivity contribution in [3.8, 4) is 0 Å². The summed E-state index contributed by atoms with van der Waals surface area (Å²) < 4.78 is 12.6. The van der Waals surface area contributed by atoms with Crippen molar-refractivity contribution in [2.75, 3.05) is 0 Å². The highest BCUT2D eigenvalue weighted by Crippen LogP contribution is 2.37. The Balaban J connectivity index is 2.25. The molecule has 1 aromatic rings. The van der Waals surface area contributed by atoms with E-state index in [1.165, 1.54) is 18.3 Å². The maximum absolute atomic E-state index is 12.6. The summed E-state index contributed by atoms with van der Waals surface area (Å²) in [6.45, 7) is 0. The van der Waals surface area contributed by atoms with Gasteiger partial charge in [-0.3, -0.25) is 4.98 Å². The Hall–Kier alpha value is -0.960. The molecule has 3 heteroatoms. The van der Waals surface area contributed by atoms with Crippen LogP contribution in [0.2, 0.25) is 0 Å². The van der Waals surface area contributed by atoms with Gasteiger partial charge in [-0.05, 0) is 18.6 Å². The van der Waals surface area contributed by atoms with Crippen LogP contribution in [0.25, 0.3) is 0 Å². The summed E-state index contributed by atoms with van der Waals surface area (Å²) in [6.07, 6.45) is 2.42. The van der Waals surface area contributed by atoms with E-state index in [9.17, 15) is 4.39 Å². The number of aromatic nitrogens is 1. The van der Waals surface area contributed by atoms with Crippen LogP contribution in [0.1, 0.15) is 18.0 Å². The minimum absolute atomic E-state index is 0.198. The molecule has 0 saturated heterocycles. The highest BCUT2D eigenvalue weighted by Gasteiger charge is 2.36. The predicted octanol–water partition coefficient (Wildman–Crippen LogP) is 1.04. The Kier molecular flexibility index (Phi) is 1.39. The second kappa shape index (κ2) is 2.27. The Morgan fingerprint density at radius 3 is 2.91 bits per heavy atom. The molecule has 1 aliphatic carbocycles. The van der Waals surface area contributed by atoms with Crippen LogP contribution >= 0.6 is 0 Å². The molecule has 0 bridgehead atoms. The molecule has 11 heavy (non-hydrogen) atoms. The first-order chi connectivity index (χ1) is 5.27. The third kappa shape index (κ3) is 1.24. The van der Waals surface area contributed by atoms with Crippen LogP contribution in [0.3, 0.4) is 0 Å². The number of pyridine rings is 1. The highest BCUT2D eigenvalue weighted by atomic mass is 19.1. The molecular formula is C8H9FN2. The van der Waals surface area contributed by atoms with E-state index in [1.807, 2.05) is 0 Å². The molecule has 2 rings (SSSR count). The summed E-state index contributed by atoms with van der Waals surface area (Å²) >= 11 is 0. The van der Waals surface area contributed by atoms with E-state index in [0.717, 1.165) is 12.1 Å².